The first-order valence-electron chi connectivity index (χ1n) is 8.80. The minimum Gasteiger partial charge on any atom is -0.491 e. The minimum absolute atomic E-state index is 0.223. The second-order valence-corrected chi connectivity index (χ2v) is 7.75. The highest BCUT2D eigenvalue weighted by molar-refractivity contribution is 7.99. The van der Waals surface area contributed by atoms with Crippen molar-refractivity contribution in [3.63, 3.8) is 0 Å². The summed E-state index contributed by atoms with van der Waals surface area (Å²) in [5, 5.41) is 22.9. The van der Waals surface area contributed by atoms with Crippen LogP contribution in [0, 0.1) is 27.7 Å². The molecule has 142 valence electrons. The summed E-state index contributed by atoms with van der Waals surface area (Å²) in [6.07, 6.45) is -0.625. The van der Waals surface area contributed by atoms with Crippen LogP contribution in [0.3, 0.4) is 0 Å². The first kappa shape index (κ1) is 19.4. The average molecular weight is 385 g/mol. The van der Waals surface area contributed by atoms with E-state index in [9.17, 15) is 5.11 Å². The van der Waals surface area contributed by atoms with E-state index in [0.717, 1.165) is 33.7 Å². The number of tetrazole rings is 1. The smallest absolute Gasteiger partial charge is 0.214 e. The largest absolute Gasteiger partial charge is 0.491 e. The van der Waals surface area contributed by atoms with E-state index in [2.05, 4.69) is 33.7 Å². The molecule has 1 aromatic heterocycles. The van der Waals surface area contributed by atoms with E-state index in [0.29, 0.717) is 10.9 Å². The van der Waals surface area contributed by atoms with Gasteiger partial charge in [0.1, 0.15) is 12.4 Å². The minimum atomic E-state index is -0.625. The van der Waals surface area contributed by atoms with Crippen molar-refractivity contribution in [2.24, 2.45) is 0 Å². The number of aliphatic hydroxyl groups is 1. The van der Waals surface area contributed by atoms with Crippen molar-refractivity contribution in [2.75, 3.05) is 12.4 Å². The van der Waals surface area contributed by atoms with E-state index in [1.165, 1.54) is 11.8 Å². The number of thioether (sulfide) groups is 1. The molecule has 1 N–H and O–H groups in total. The Hall–Kier alpha value is -2.38. The number of hydrogen-bond donors (Lipinski definition) is 1. The lowest BCUT2D eigenvalue weighted by Crippen LogP contribution is -2.20. The highest BCUT2D eigenvalue weighted by atomic mass is 32.2. The molecule has 0 aliphatic rings. The van der Waals surface area contributed by atoms with Crippen LogP contribution >= 0.6 is 11.8 Å². The van der Waals surface area contributed by atoms with Crippen molar-refractivity contribution in [3.8, 4) is 11.4 Å². The fraction of sp³-hybridized carbons (Fsp3) is 0.350. The van der Waals surface area contributed by atoms with Crippen molar-refractivity contribution in [1.29, 1.82) is 0 Å². The van der Waals surface area contributed by atoms with Crippen molar-refractivity contribution >= 4 is 11.8 Å². The van der Waals surface area contributed by atoms with Crippen LogP contribution in [0.5, 0.6) is 5.75 Å². The summed E-state index contributed by atoms with van der Waals surface area (Å²) in [5.41, 5.74) is 5.46. The fourth-order valence-electron chi connectivity index (χ4n) is 2.80. The van der Waals surface area contributed by atoms with E-state index in [-0.39, 0.29) is 6.61 Å². The first-order valence-corrected chi connectivity index (χ1v) is 9.79. The van der Waals surface area contributed by atoms with E-state index >= 15 is 0 Å². The lowest BCUT2D eigenvalue weighted by atomic mass is 10.1. The summed E-state index contributed by atoms with van der Waals surface area (Å²) in [6, 6.07) is 12.2. The molecule has 0 amide bonds. The van der Waals surface area contributed by atoms with Crippen molar-refractivity contribution < 1.29 is 9.84 Å². The molecule has 0 aliphatic heterocycles. The maximum Gasteiger partial charge on any atom is 0.214 e. The molecule has 27 heavy (non-hydrogen) atoms. The molecule has 1 heterocycles. The summed E-state index contributed by atoms with van der Waals surface area (Å²) >= 11 is 1.41. The second-order valence-electron chi connectivity index (χ2n) is 6.76. The Morgan fingerprint density at radius 2 is 1.78 bits per heavy atom. The van der Waals surface area contributed by atoms with E-state index < -0.39 is 6.10 Å². The van der Waals surface area contributed by atoms with Gasteiger partial charge in [0, 0.05) is 5.75 Å². The number of aryl methyl sites for hydroxylation is 4. The third-order valence-electron chi connectivity index (χ3n) is 4.08. The van der Waals surface area contributed by atoms with E-state index in [4.69, 9.17) is 4.74 Å². The molecule has 2 aromatic carbocycles. The molecule has 6 nitrogen and oxygen atoms in total. The molecule has 0 saturated heterocycles. The molecule has 7 heteroatoms. The van der Waals surface area contributed by atoms with Crippen LogP contribution in [-0.4, -0.2) is 43.8 Å². The zero-order valence-corrected chi connectivity index (χ0v) is 16.8. The van der Waals surface area contributed by atoms with Crippen LogP contribution in [0.25, 0.3) is 5.69 Å². The van der Waals surface area contributed by atoms with Gasteiger partial charge in [-0.15, -0.1) is 5.10 Å². The number of ether oxygens (including phenoxy) is 1. The van der Waals surface area contributed by atoms with E-state index in [1.54, 1.807) is 4.68 Å². The number of nitrogens with zero attached hydrogens (tertiary/aromatic N) is 4. The van der Waals surface area contributed by atoms with Gasteiger partial charge in [0.2, 0.25) is 5.16 Å². The quantitative estimate of drug-likeness (QED) is 0.629. The predicted octanol–water partition coefficient (Wildman–Crippen LogP) is 3.43. The molecule has 0 radical (unpaired) electrons. The molecular formula is C20H24N4O2S. The van der Waals surface area contributed by atoms with Gasteiger partial charge in [-0.3, -0.25) is 0 Å². The number of aromatic nitrogens is 4. The summed E-state index contributed by atoms with van der Waals surface area (Å²) in [6.45, 7) is 8.34. The zero-order chi connectivity index (χ0) is 19.4. The Bertz CT molecular complexity index is 906. The SMILES string of the molecule is Cc1cc(C)cc(OC[C@@H](O)CSc2nnnn2-c2cc(C)ccc2C)c1. The standard InChI is InChI=1S/C20H24N4O2S/c1-13-5-6-16(4)19(10-13)24-20(21-22-23-24)27-12-17(25)11-26-18-8-14(2)7-15(3)9-18/h5-10,17,25H,11-12H2,1-4H3/t17-/m1/s1. The van der Waals surface area contributed by atoms with Crippen LogP contribution in [0.15, 0.2) is 41.6 Å². The monoisotopic (exact) mass is 384 g/mol. The number of benzene rings is 2. The number of rotatable bonds is 7. The summed E-state index contributed by atoms with van der Waals surface area (Å²) in [4.78, 5) is 0. The maximum atomic E-state index is 10.3. The van der Waals surface area contributed by atoms with Gasteiger partial charge in [0.15, 0.2) is 0 Å². The highest BCUT2D eigenvalue weighted by Gasteiger charge is 2.14. The normalized spacial score (nSPS) is 12.2. The highest BCUT2D eigenvalue weighted by Crippen LogP contribution is 2.22. The van der Waals surface area contributed by atoms with E-state index in [1.807, 2.05) is 45.9 Å². The Labute approximate surface area is 163 Å². The van der Waals surface area contributed by atoms with Crippen molar-refractivity contribution in [1.82, 2.24) is 20.2 Å². The first-order chi connectivity index (χ1) is 12.9. The molecular weight excluding hydrogens is 360 g/mol. The predicted molar refractivity (Wildman–Crippen MR) is 107 cm³/mol. The average Bonchev–Trinajstić information content (AvgIpc) is 3.08. The summed E-state index contributed by atoms with van der Waals surface area (Å²) in [5.74, 6) is 1.22. The Morgan fingerprint density at radius 1 is 1.04 bits per heavy atom. The number of hydrogen-bond acceptors (Lipinski definition) is 6. The van der Waals surface area contributed by atoms with Crippen LogP contribution in [0.2, 0.25) is 0 Å². The van der Waals surface area contributed by atoms with Gasteiger partial charge in [-0.2, -0.15) is 4.68 Å². The molecule has 0 aliphatic carbocycles. The molecule has 0 spiro atoms. The summed E-state index contributed by atoms with van der Waals surface area (Å²) in [7, 11) is 0. The van der Waals surface area contributed by atoms with Crippen molar-refractivity contribution in [3.05, 3.63) is 58.7 Å². The van der Waals surface area contributed by atoms with Gasteiger partial charge in [-0.05, 0) is 78.6 Å². The van der Waals surface area contributed by atoms with Crippen LogP contribution in [0.4, 0.5) is 0 Å². The van der Waals surface area contributed by atoms with Crippen LogP contribution < -0.4 is 4.74 Å². The number of aliphatic hydroxyl groups excluding tert-OH is 1. The third-order valence-corrected chi connectivity index (χ3v) is 5.14. The fourth-order valence-corrected chi connectivity index (χ4v) is 3.58. The lowest BCUT2D eigenvalue weighted by molar-refractivity contribution is 0.126. The topological polar surface area (TPSA) is 73.1 Å². The Balaban J connectivity index is 1.60. The lowest BCUT2D eigenvalue weighted by Gasteiger charge is -2.13. The molecule has 0 unspecified atom stereocenters. The van der Waals surface area contributed by atoms with Crippen molar-refractivity contribution in [2.45, 2.75) is 39.0 Å². The summed E-state index contributed by atoms with van der Waals surface area (Å²) < 4.78 is 7.44. The van der Waals surface area contributed by atoms with Gasteiger partial charge in [-0.25, -0.2) is 0 Å². The Morgan fingerprint density at radius 3 is 2.52 bits per heavy atom. The van der Waals surface area contributed by atoms with Gasteiger partial charge in [0.05, 0.1) is 11.8 Å². The van der Waals surface area contributed by atoms with Gasteiger partial charge in [-0.1, -0.05) is 30.0 Å². The molecule has 0 fully saturated rings. The molecule has 0 bridgehead atoms. The zero-order valence-electron chi connectivity index (χ0n) is 16.0. The van der Waals surface area contributed by atoms with Gasteiger partial charge >= 0.3 is 0 Å². The molecule has 0 saturated carbocycles. The van der Waals surface area contributed by atoms with Gasteiger partial charge < -0.3 is 9.84 Å². The third kappa shape index (κ3) is 5.08. The molecule has 3 rings (SSSR count). The molecule has 1 atom stereocenters. The van der Waals surface area contributed by atoms with Crippen LogP contribution in [-0.2, 0) is 0 Å². The van der Waals surface area contributed by atoms with Gasteiger partial charge in [0.25, 0.3) is 0 Å². The maximum absolute atomic E-state index is 10.3. The van der Waals surface area contributed by atoms with Crippen LogP contribution in [0.1, 0.15) is 22.3 Å². The molecule has 3 aromatic rings. The Kier molecular flexibility index (Phi) is 6.13. The second kappa shape index (κ2) is 8.54.